The number of hydrogen-bond donors (Lipinski definition) is 0. The minimum Gasteiger partial charge on any atom is -0.496 e. The lowest BCUT2D eigenvalue weighted by atomic mass is 9.95. The first-order valence-electron chi connectivity index (χ1n) is 9.61. The molecule has 0 aromatic heterocycles. The zero-order valence-electron chi connectivity index (χ0n) is 16.5. The van der Waals surface area contributed by atoms with Gasteiger partial charge in [0.15, 0.2) is 6.17 Å². The molecule has 4 rings (SSSR count). The van der Waals surface area contributed by atoms with Crippen molar-refractivity contribution in [1.29, 1.82) is 0 Å². The lowest BCUT2D eigenvalue weighted by molar-refractivity contribution is -0.274. The summed E-state index contributed by atoms with van der Waals surface area (Å²) in [5.41, 5.74) is 1.27. The Kier molecular flexibility index (Phi) is 5.47. The molecule has 3 aromatic carbocycles. The Balaban J connectivity index is 1.68. The van der Waals surface area contributed by atoms with E-state index in [1.54, 1.807) is 6.07 Å². The SMILES string of the molecule is COc1ccc2ccccc2c1[C@H]1C[C@H](F)C(=O)N1Cc1ccc(OC(F)(F)F)cc1. The van der Waals surface area contributed by atoms with Crippen LogP contribution in [0.15, 0.2) is 60.7 Å². The van der Waals surface area contributed by atoms with Crippen LogP contribution >= 0.6 is 0 Å². The van der Waals surface area contributed by atoms with Crippen molar-refractivity contribution in [3.05, 3.63) is 71.8 Å². The Labute approximate surface area is 176 Å². The topological polar surface area (TPSA) is 38.8 Å². The van der Waals surface area contributed by atoms with Crippen molar-refractivity contribution >= 4 is 16.7 Å². The molecule has 1 amide bonds. The molecular weight excluding hydrogens is 414 g/mol. The highest BCUT2D eigenvalue weighted by molar-refractivity contribution is 5.90. The zero-order valence-corrected chi connectivity index (χ0v) is 16.5. The summed E-state index contributed by atoms with van der Waals surface area (Å²) in [6.07, 6.45) is -6.48. The van der Waals surface area contributed by atoms with E-state index < -0.39 is 24.5 Å². The minimum atomic E-state index is -4.79. The maximum absolute atomic E-state index is 14.5. The largest absolute Gasteiger partial charge is 0.573 e. The van der Waals surface area contributed by atoms with Gasteiger partial charge in [-0.1, -0.05) is 42.5 Å². The molecule has 1 heterocycles. The molecule has 0 unspecified atom stereocenters. The molecule has 2 atom stereocenters. The van der Waals surface area contributed by atoms with Crippen molar-refractivity contribution in [2.75, 3.05) is 7.11 Å². The Morgan fingerprint density at radius 2 is 1.74 bits per heavy atom. The smallest absolute Gasteiger partial charge is 0.496 e. The molecule has 0 aliphatic carbocycles. The number of methoxy groups -OCH3 is 1. The van der Waals surface area contributed by atoms with Gasteiger partial charge in [-0.05, 0) is 34.5 Å². The second-order valence-corrected chi connectivity index (χ2v) is 7.28. The molecule has 1 fully saturated rings. The monoisotopic (exact) mass is 433 g/mol. The number of alkyl halides is 4. The van der Waals surface area contributed by atoms with Gasteiger partial charge in [-0.15, -0.1) is 13.2 Å². The van der Waals surface area contributed by atoms with Gasteiger partial charge < -0.3 is 14.4 Å². The van der Waals surface area contributed by atoms with Gasteiger partial charge >= 0.3 is 6.36 Å². The van der Waals surface area contributed by atoms with E-state index in [9.17, 15) is 22.4 Å². The molecule has 1 saturated heterocycles. The first kappa shape index (κ1) is 21.0. The average Bonchev–Trinajstić information content (AvgIpc) is 3.01. The van der Waals surface area contributed by atoms with Crippen molar-refractivity contribution in [3.63, 3.8) is 0 Å². The van der Waals surface area contributed by atoms with Gasteiger partial charge in [-0.3, -0.25) is 4.79 Å². The van der Waals surface area contributed by atoms with Crippen molar-refractivity contribution in [2.24, 2.45) is 0 Å². The quantitative estimate of drug-likeness (QED) is 0.495. The van der Waals surface area contributed by atoms with Gasteiger partial charge in [0.2, 0.25) is 0 Å². The molecule has 0 radical (unpaired) electrons. The van der Waals surface area contributed by atoms with E-state index in [2.05, 4.69) is 4.74 Å². The molecular formula is C23H19F4NO3. The number of rotatable bonds is 5. The molecule has 0 bridgehead atoms. The summed E-state index contributed by atoms with van der Waals surface area (Å²) in [6.45, 7) is 0.0442. The zero-order chi connectivity index (χ0) is 22.2. The number of hydrogen-bond acceptors (Lipinski definition) is 3. The molecule has 0 saturated carbocycles. The van der Waals surface area contributed by atoms with E-state index in [0.29, 0.717) is 16.9 Å². The summed E-state index contributed by atoms with van der Waals surface area (Å²) in [7, 11) is 1.51. The number of fused-ring (bicyclic) bond motifs is 1. The average molecular weight is 433 g/mol. The molecule has 1 aliphatic rings. The van der Waals surface area contributed by atoms with Crippen LogP contribution in [0.25, 0.3) is 10.8 Å². The first-order valence-corrected chi connectivity index (χ1v) is 9.61. The number of amides is 1. The molecule has 31 heavy (non-hydrogen) atoms. The predicted molar refractivity (Wildman–Crippen MR) is 106 cm³/mol. The summed E-state index contributed by atoms with van der Waals surface area (Å²) in [4.78, 5) is 14.0. The summed E-state index contributed by atoms with van der Waals surface area (Å²) >= 11 is 0. The second kappa shape index (κ2) is 8.09. The Morgan fingerprint density at radius 1 is 1.03 bits per heavy atom. The van der Waals surface area contributed by atoms with Crippen LogP contribution in [0.5, 0.6) is 11.5 Å². The van der Waals surface area contributed by atoms with Gasteiger partial charge in [-0.2, -0.15) is 0 Å². The van der Waals surface area contributed by atoms with Gasteiger partial charge in [0.1, 0.15) is 11.5 Å². The highest BCUT2D eigenvalue weighted by atomic mass is 19.4. The molecule has 3 aromatic rings. The third kappa shape index (κ3) is 4.28. The fourth-order valence-corrected chi connectivity index (χ4v) is 4.01. The van der Waals surface area contributed by atoms with Crippen LogP contribution in [0.2, 0.25) is 0 Å². The number of likely N-dealkylation sites (tertiary alicyclic amines) is 1. The van der Waals surface area contributed by atoms with E-state index >= 15 is 0 Å². The van der Waals surface area contributed by atoms with Crippen molar-refractivity contribution in [2.45, 2.75) is 31.5 Å². The second-order valence-electron chi connectivity index (χ2n) is 7.28. The van der Waals surface area contributed by atoms with Crippen molar-refractivity contribution in [3.8, 4) is 11.5 Å². The third-order valence-corrected chi connectivity index (χ3v) is 5.35. The molecule has 162 valence electrons. The number of benzene rings is 3. The van der Waals surface area contributed by atoms with E-state index in [-0.39, 0.29) is 18.7 Å². The van der Waals surface area contributed by atoms with Crippen LogP contribution in [-0.4, -0.2) is 30.5 Å². The van der Waals surface area contributed by atoms with Crippen LogP contribution in [0.3, 0.4) is 0 Å². The Morgan fingerprint density at radius 3 is 2.42 bits per heavy atom. The third-order valence-electron chi connectivity index (χ3n) is 5.35. The van der Waals surface area contributed by atoms with Crippen molar-refractivity contribution < 1.29 is 31.8 Å². The Hall–Kier alpha value is -3.29. The van der Waals surface area contributed by atoms with Crippen LogP contribution in [0.4, 0.5) is 17.6 Å². The molecule has 0 N–H and O–H groups in total. The van der Waals surface area contributed by atoms with Gasteiger partial charge in [0.25, 0.3) is 5.91 Å². The fraction of sp³-hybridized carbons (Fsp3) is 0.261. The maximum Gasteiger partial charge on any atom is 0.573 e. The fourth-order valence-electron chi connectivity index (χ4n) is 4.01. The summed E-state index contributed by atoms with van der Waals surface area (Å²) in [6, 6.07) is 15.9. The van der Waals surface area contributed by atoms with E-state index in [0.717, 1.165) is 10.8 Å². The normalized spacial score (nSPS) is 19.1. The van der Waals surface area contributed by atoms with Crippen LogP contribution in [0, 0.1) is 0 Å². The number of carbonyl (C=O) groups is 1. The number of carbonyl (C=O) groups excluding carboxylic acids is 1. The number of ether oxygens (including phenoxy) is 2. The minimum absolute atomic E-state index is 0.0293. The van der Waals surface area contributed by atoms with Gasteiger partial charge in [0, 0.05) is 18.5 Å². The number of nitrogens with zero attached hydrogens (tertiary/aromatic N) is 1. The lowest BCUT2D eigenvalue weighted by Gasteiger charge is -2.27. The van der Waals surface area contributed by atoms with Crippen LogP contribution in [0.1, 0.15) is 23.6 Å². The maximum atomic E-state index is 14.5. The first-order chi connectivity index (χ1) is 14.8. The summed E-state index contributed by atoms with van der Waals surface area (Å²) in [5, 5.41) is 1.79. The molecule has 0 spiro atoms. The Bertz CT molecular complexity index is 1100. The van der Waals surface area contributed by atoms with Crippen LogP contribution < -0.4 is 9.47 Å². The van der Waals surface area contributed by atoms with Gasteiger partial charge in [-0.25, -0.2) is 4.39 Å². The standard InChI is InChI=1S/C23H19F4NO3/c1-30-20-11-8-15-4-2-3-5-17(15)21(20)19-12-18(24)22(29)28(19)13-14-6-9-16(10-7-14)31-23(25,26)27/h2-11,18-19H,12-13H2,1H3/t18-,19+/m0/s1. The van der Waals surface area contributed by atoms with Crippen molar-refractivity contribution in [1.82, 2.24) is 4.90 Å². The van der Waals surface area contributed by atoms with E-state index in [1.165, 1.54) is 36.3 Å². The van der Waals surface area contributed by atoms with E-state index in [4.69, 9.17) is 4.74 Å². The summed E-state index contributed by atoms with van der Waals surface area (Å²) < 4.78 is 61.0. The highest BCUT2D eigenvalue weighted by Crippen LogP contribution is 2.43. The van der Waals surface area contributed by atoms with Crippen LogP contribution in [-0.2, 0) is 11.3 Å². The van der Waals surface area contributed by atoms with E-state index in [1.807, 2.05) is 30.3 Å². The predicted octanol–water partition coefficient (Wildman–Crippen LogP) is 5.56. The summed E-state index contributed by atoms with van der Waals surface area (Å²) in [5.74, 6) is -0.472. The molecule has 4 nitrogen and oxygen atoms in total. The van der Waals surface area contributed by atoms with Gasteiger partial charge in [0.05, 0.1) is 13.2 Å². The lowest BCUT2D eigenvalue weighted by Crippen LogP contribution is -2.29. The molecule has 1 aliphatic heterocycles. The molecule has 8 heteroatoms. The highest BCUT2D eigenvalue weighted by Gasteiger charge is 2.42. The number of halogens is 4.